The summed E-state index contributed by atoms with van der Waals surface area (Å²) in [7, 11) is 0. The van der Waals surface area contributed by atoms with Crippen molar-refractivity contribution in [1.82, 2.24) is 14.7 Å². The van der Waals surface area contributed by atoms with E-state index in [1.165, 1.54) is 25.9 Å². The third-order valence-electron chi connectivity index (χ3n) is 4.69. The van der Waals surface area contributed by atoms with Crippen LogP contribution in [-0.4, -0.2) is 84.7 Å². The van der Waals surface area contributed by atoms with Crippen LogP contribution in [0.5, 0.6) is 0 Å². The van der Waals surface area contributed by atoms with Crippen molar-refractivity contribution in [2.75, 3.05) is 52.4 Å². The van der Waals surface area contributed by atoms with Gasteiger partial charge in [0.2, 0.25) is 0 Å². The number of halogens is 1. The van der Waals surface area contributed by atoms with Crippen LogP contribution in [-0.2, 0) is 4.74 Å². The van der Waals surface area contributed by atoms with Crippen LogP contribution in [0.1, 0.15) is 40.5 Å². The number of nitrogens with zero attached hydrogens (tertiary/aromatic N) is 4. The Morgan fingerprint density at radius 2 is 1.77 bits per heavy atom. The minimum absolute atomic E-state index is 0. The molecular formula is C18H36IN5O2. The lowest BCUT2D eigenvalue weighted by Crippen LogP contribution is -2.53. The lowest BCUT2D eigenvalue weighted by molar-refractivity contribution is 0.0186. The largest absolute Gasteiger partial charge is 0.444 e. The van der Waals surface area contributed by atoms with Crippen LogP contribution in [0.3, 0.4) is 0 Å². The van der Waals surface area contributed by atoms with Crippen LogP contribution in [0, 0.1) is 5.92 Å². The monoisotopic (exact) mass is 481 g/mol. The van der Waals surface area contributed by atoms with Gasteiger partial charge in [-0.15, -0.1) is 24.0 Å². The maximum absolute atomic E-state index is 12.1. The van der Waals surface area contributed by atoms with Gasteiger partial charge in [-0.1, -0.05) is 6.92 Å². The highest BCUT2D eigenvalue weighted by molar-refractivity contribution is 14.0. The fourth-order valence-electron chi connectivity index (χ4n) is 3.34. The molecule has 2 saturated heterocycles. The third kappa shape index (κ3) is 7.85. The van der Waals surface area contributed by atoms with Crippen molar-refractivity contribution >= 4 is 36.0 Å². The van der Waals surface area contributed by atoms with E-state index in [1.807, 2.05) is 20.8 Å². The molecule has 8 heteroatoms. The summed E-state index contributed by atoms with van der Waals surface area (Å²) in [6, 6.07) is 0. The normalized spacial score (nSPS) is 22.8. The molecule has 2 fully saturated rings. The van der Waals surface area contributed by atoms with Gasteiger partial charge in [0.1, 0.15) is 5.60 Å². The fourth-order valence-corrected chi connectivity index (χ4v) is 3.34. The molecule has 0 aromatic heterocycles. The first-order valence-electron chi connectivity index (χ1n) is 9.50. The molecular weight excluding hydrogens is 445 g/mol. The zero-order valence-electron chi connectivity index (χ0n) is 16.7. The Morgan fingerprint density at radius 3 is 2.35 bits per heavy atom. The first-order valence-corrected chi connectivity index (χ1v) is 9.50. The zero-order valence-corrected chi connectivity index (χ0v) is 19.1. The first kappa shape index (κ1) is 23.3. The molecule has 2 heterocycles. The molecule has 2 rings (SSSR count). The van der Waals surface area contributed by atoms with Crippen LogP contribution >= 0.6 is 24.0 Å². The van der Waals surface area contributed by atoms with Gasteiger partial charge in [-0.25, -0.2) is 4.79 Å². The van der Waals surface area contributed by atoms with Crippen LogP contribution in [0.2, 0.25) is 0 Å². The number of aliphatic imine (C=N–C) groups is 1. The van der Waals surface area contributed by atoms with E-state index in [-0.39, 0.29) is 30.1 Å². The molecule has 0 bridgehead atoms. The van der Waals surface area contributed by atoms with Crippen molar-refractivity contribution in [3.63, 3.8) is 0 Å². The molecule has 26 heavy (non-hydrogen) atoms. The van der Waals surface area contributed by atoms with E-state index in [0.29, 0.717) is 32.1 Å². The molecule has 152 valence electrons. The Morgan fingerprint density at radius 1 is 1.15 bits per heavy atom. The van der Waals surface area contributed by atoms with E-state index in [2.05, 4.69) is 21.7 Å². The van der Waals surface area contributed by atoms with Gasteiger partial charge in [-0.05, 0) is 46.1 Å². The van der Waals surface area contributed by atoms with E-state index in [1.54, 1.807) is 4.90 Å². The van der Waals surface area contributed by atoms with Gasteiger partial charge in [0, 0.05) is 39.3 Å². The number of carbonyl (C=O) groups excluding carboxylic acids is 1. The highest BCUT2D eigenvalue weighted by atomic mass is 127. The van der Waals surface area contributed by atoms with Crippen molar-refractivity contribution < 1.29 is 9.53 Å². The van der Waals surface area contributed by atoms with Crippen molar-refractivity contribution in [1.29, 1.82) is 0 Å². The predicted molar refractivity (Wildman–Crippen MR) is 116 cm³/mol. The molecule has 0 aliphatic carbocycles. The number of rotatable bonds is 3. The second-order valence-electron chi connectivity index (χ2n) is 8.24. The van der Waals surface area contributed by atoms with Gasteiger partial charge >= 0.3 is 6.09 Å². The summed E-state index contributed by atoms with van der Waals surface area (Å²) >= 11 is 0. The van der Waals surface area contributed by atoms with Crippen molar-refractivity contribution in [2.45, 2.75) is 46.1 Å². The van der Waals surface area contributed by atoms with E-state index < -0.39 is 5.60 Å². The Bertz CT molecular complexity index is 473. The fraction of sp³-hybridized carbons (Fsp3) is 0.889. The van der Waals surface area contributed by atoms with Gasteiger partial charge < -0.3 is 25.2 Å². The molecule has 0 spiro atoms. The van der Waals surface area contributed by atoms with Gasteiger partial charge in [0.15, 0.2) is 5.96 Å². The molecule has 7 nitrogen and oxygen atoms in total. The molecule has 1 amide bonds. The first-order chi connectivity index (χ1) is 11.7. The Hall–Kier alpha value is -0.770. The van der Waals surface area contributed by atoms with E-state index in [4.69, 9.17) is 10.5 Å². The maximum atomic E-state index is 12.1. The van der Waals surface area contributed by atoms with Crippen LogP contribution in [0.25, 0.3) is 0 Å². The summed E-state index contributed by atoms with van der Waals surface area (Å²) in [6.45, 7) is 14.7. The van der Waals surface area contributed by atoms with Gasteiger partial charge in [0.05, 0.1) is 6.54 Å². The predicted octanol–water partition coefficient (Wildman–Crippen LogP) is 2.20. The highest BCUT2D eigenvalue weighted by Gasteiger charge is 2.26. The van der Waals surface area contributed by atoms with Crippen LogP contribution < -0.4 is 5.73 Å². The van der Waals surface area contributed by atoms with Gasteiger partial charge in [-0.2, -0.15) is 0 Å². The minimum Gasteiger partial charge on any atom is -0.444 e. The lowest BCUT2D eigenvalue weighted by atomic mass is 10.0. The number of carbonyl (C=O) groups is 1. The second kappa shape index (κ2) is 10.5. The minimum atomic E-state index is -0.458. The molecule has 1 atom stereocenters. The van der Waals surface area contributed by atoms with E-state index in [0.717, 1.165) is 19.0 Å². The number of ether oxygens (including phenoxy) is 1. The number of hydrogen-bond acceptors (Lipinski definition) is 4. The number of amides is 1. The van der Waals surface area contributed by atoms with Crippen molar-refractivity contribution in [3.05, 3.63) is 0 Å². The molecule has 0 aromatic rings. The molecule has 1 unspecified atom stereocenters. The number of hydrogen-bond donors (Lipinski definition) is 1. The van der Waals surface area contributed by atoms with Crippen LogP contribution in [0.4, 0.5) is 4.79 Å². The maximum Gasteiger partial charge on any atom is 0.410 e. The van der Waals surface area contributed by atoms with Crippen molar-refractivity contribution in [3.8, 4) is 0 Å². The average Bonchev–Trinajstić information content (AvgIpc) is 2.53. The summed E-state index contributed by atoms with van der Waals surface area (Å²) in [5, 5.41) is 0. The molecule has 2 aliphatic rings. The summed E-state index contributed by atoms with van der Waals surface area (Å²) < 4.78 is 5.42. The molecule has 0 saturated carbocycles. The van der Waals surface area contributed by atoms with Gasteiger partial charge in [-0.3, -0.25) is 4.99 Å². The molecule has 0 aromatic carbocycles. The summed E-state index contributed by atoms with van der Waals surface area (Å²) in [5.74, 6) is 1.38. The van der Waals surface area contributed by atoms with E-state index >= 15 is 0 Å². The molecule has 2 N–H and O–H groups in total. The Balaban J connectivity index is 0.00000338. The molecule has 0 radical (unpaired) electrons. The summed E-state index contributed by atoms with van der Waals surface area (Å²) in [5.41, 5.74) is 5.68. The van der Waals surface area contributed by atoms with Crippen LogP contribution in [0.15, 0.2) is 4.99 Å². The lowest BCUT2D eigenvalue weighted by Gasteiger charge is -2.36. The third-order valence-corrected chi connectivity index (χ3v) is 4.69. The average molecular weight is 481 g/mol. The topological polar surface area (TPSA) is 74.4 Å². The highest BCUT2D eigenvalue weighted by Crippen LogP contribution is 2.15. The van der Waals surface area contributed by atoms with Gasteiger partial charge in [0.25, 0.3) is 0 Å². The standard InChI is InChI=1S/C18H35N5O2.HI/c1-15-6-5-8-21(14-15)9-7-20-16(19)22-10-12-23(13-11-22)17(24)25-18(2,3)4;/h15H,5-14H2,1-4H3,(H2,19,20);1H. The zero-order chi connectivity index (χ0) is 18.4. The van der Waals surface area contributed by atoms with E-state index in [9.17, 15) is 4.79 Å². The number of guanidine groups is 1. The summed E-state index contributed by atoms with van der Waals surface area (Å²) in [4.78, 5) is 22.9. The Kier molecular flexibility index (Phi) is 9.43. The summed E-state index contributed by atoms with van der Waals surface area (Å²) in [6.07, 6.45) is 2.37. The number of piperazine rings is 1. The number of piperidine rings is 1. The molecule has 2 aliphatic heterocycles. The second-order valence-corrected chi connectivity index (χ2v) is 8.24. The van der Waals surface area contributed by atoms with Crippen molar-refractivity contribution in [2.24, 2.45) is 16.6 Å². The smallest absolute Gasteiger partial charge is 0.410 e. The number of likely N-dealkylation sites (tertiary alicyclic amines) is 1. The Labute approximate surface area is 175 Å². The SMILES string of the molecule is CC1CCCN(CCN=C(N)N2CCN(C(=O)OC(C)(C)C)CC2)C1.I. The number of nitrogens with two attached hydrogens (primary N) is 1. The quantitative estimate of drug-likeness (QED) is 0.380.